The molecule has 86 valence electrons. The molecule has 3 atom stereocenters. The van der Waals surface area contributed by atoms with E-state index >= 15 is 0 Å². The molecule has 1 heterocycles. The van der Waals surface area contributed by atoms with Crippen molar-refractivity contribution in [2.45, 2.75) is 37.8 Å². The van der Waals surface area contributed by atoms with Crippen LogP contribution in [0.25, 0.3) is 0 Å². The van der Waals surface area contributed by atoms with E-state index in [-0.39, 0.29) is 11.6 Å². The molecule has 4 nitrogen and oxygen atoms in total. The molecule has 15 heavy (non-hydrogen) atoms. The smallest absolute Gasteiger partial charge is 0.308 e. The third-order valence-electron chi connectivity index (χ3n) is 3.74. The fraction of sp³-hybridized carbons (Fsp3) is 0.909. The molecule has 0 aromatic rings. The molecular weight excluding hydrogens is 194 g/mol. The second kappa shape index (κ2) is 4.10. The summed E-state index contributed by atoms with van der Waals surface area (Å²) >= 11 is 0. The van der Waals surface area contributed by atoms with Crippen molar-refractivity contribution < 1.29 is 14.3 Å². The number of esters is 1. The Hall–Kier alpha value is -0.610. The number of hydrogen-bond acceptors (Lipinski definition) is 4. The van der Waals surface area contributed by atoms with Crippen molar-refractivity contribution in [3.63, 3.8) is 0 Å². The summed E-state index contributed by atoms with van der Waals surface area (Å²) in [7, 11) is 1.70. The summed E-state index contributed by atoms with van der Waals surface area (Å²) in [4.78, 5) is 11.5. The summed E-state index contributed by atoms with van der Waals surface area (Å²) in [6.07, 6.45) is 2.45. The molecule has 0 aromatic carbocycles. The van der Waals surface area contributed by atoms with Gasteiger partial charge in [0.25, 0.3) is 0 Å². The highest BCUT2D eigenvalue weighted by Gasteiger charge is 2.57. The average molecular weight is 213 g/mol. The zero-order chi connectivity index (χ0) is 10.9. The molecule has 1 saturated heterocycles. The van der Waals surface area contributed by atoms with Crippen LogP contribution in [0.5, 0.6) is 0 Å². The van der Waals surface area contributed by atoms with Crippen LogP contribution >= 0.6 is 0 Å². The zero-order valence-electron chi connectivity index (χ0n) is 9.41. The number of rotatable bonds is 4. The van der Waals surface area contributed by atoms with E-state index in [0.717, 1.165) is 19.4 Å². The van der Waals surface area contributed by atoms with Crippen LogP contribution in [0, 0.1) is 5.92 Å². The largest absolute Gasteiger partial charge is 0.466 e. The second-order valence-corrected chi connectivity index (χ2v) is 4.41. The van der Waals surface area contributed by atoms with Gasteiger partial charge in [0, 0.05) is 19.1 Å². The van der Waals surface area contributed by atoms with Gasteiger partial charge in [-0.3, -0.25) is 4.79 Å². The van der Waals surface area contributed by atoms with Crippen LogP contribution in [0.2, 0.25) is 0 Å². The average Bonchev–Trinajstić information content (AvgIpc) is 2.58. The van der Waals surface area contributed by atoms with Gasteiger partial charge in [-0.05, 0) is 26.3 Å². The molecule has 4 heteroatoms. The van der Waals surface area contributed by atoms with E-state index in [2.05, 4.69) is 5.32 Å². The summed E-state index contributed by atoms with van der Waals surface area (Å²) in [5, 5.41) is 3.42. The van der Waals surface area contributed by atoms with Crippen molar-refractivity contribution in [2.75, 3.05) is 20.3 Å². The highest BCUT2D eigenvalue weighted by molar-refractivity contribution is 5.71. The van der Waals surface area contributed by atoms with Gasteiger partial charge in [-0.25, -0.2) is 0 Å². The van der Waals surface area contributed by atoms with Crippen LogP contribution in [0.15, 0.2) is 0 Å². The highest BCUT2D eigenvalue weighted by atomic mass is 16.5. The van der Waals surface area contributed by atoms with Gasteiger partial charge in [-0.2, -0.15) is 0 Å². The van der Waals surface area contributed by atoms with Crippen molar-refractivity contribution in [1.82, 2.24) is 5.32 Å². The number of carbonyl (C=O) groups is 1. The molecule has 2 rings (SSSR count). The SMILES string of the molecule is CCOC(=O)C[C@]1(OC)C[C@@H]2NCC[C@@H]21. The lowest BCUT2D eigenvalue weighted by atomic mass is 9.64. The Labute approximate surface area is 90.3 Å². The van der Waals surface area contributed by atoms with Crippen molar-refractivity contribution in [2.24, 2.45) is 5.92 Å². The van der Waals surface area contributed by atoms with Crippen LogP contribution in [0.4, 0.5) is 0 Å². The first-order chi connectivity index (χ1) is 7.22. The van der Waals surface area contributed by atoms with Gasteiger partial charge in [0.05, 0.1) is 18.6 Å². The lowest BCUT2D eigenvalue weighted by Gasteiger charge is -2.50. The number of hydrogen-bond donors (Lipinski definition) is 1. The van der Waals surface area contributed by atoms with Gasteiger partial charge in [-0.1, -0.05) is 0 Å². The summed E-state index contributed by atoms with van der Waals surface area (Å²) < 4.78 is 10.5. The van der Waals surface area contributed by atoms with Gasteiger partial charge in [0.2, 0.25) is 0 Å². The lowest BCUT2D eigenvalue weighted by Crippen LogP contribution is -2.60. The monoisotopic (exact) mass is 213 g/mol. The van der Waals surface area contributed by atoms with Crippen molar-refractivity contribution in [3.8, 4) is 0 Å². The second-order valence-electron chi connectivity index (χ2n) is 4.41. The predicted molar refractivity (Wildman–Crippen MR) is 55.5 cm³/mol. The van der Waals surface area contributed by atoms with Crippen molar-refractivity contribution in [3.05, 3.63) is 0 Å². The molecule has 2 fully saturated rings. The van der Waals surface area contributed by atoms with Gasteiger partial charge >= 0.3 is 5.97 Å². The maximum Gasteiger partial charge on any atom is 0.308 e. The minimum atomic E-state index is -0.250. The van der Waals surface area contributed by atoms with Crippen molar-refractivity contribution in [1.29, 1.82) is 0 Å². The van der Waals surface area contributed by atoms with Gasteiger partial charge in [-0.15, -0.1) is 0 Å². The maximum atomic E-state index is 11.5. The molecule has 1 N–H and O–H groups in total. The number of nitrogens with one attached hydrogen (secondary N) is 1. The van der Waals surface area contributed by atoms with Gasteiger partial charge in [0.15, 0.2) is 0 Å². The molecule has 1 saturated carbocycles. The Balaban J connectivity index is 1.95. The Morgan fingerprint density at radius 1 is 1.60 bits per heavy atom. The minimum absolute atomic E-state index is 0.135. The summed E-state index contributed by atoms with van der Waals surface area (Å²) in [6, 6.07) is 0.555. The van der Waals surface area contributed by atoms with E-state index in [4.69, 9.17) is 9.47 Å². The Morgan fingerprint density at radius 3 is 3.00 bits per heavy atom. The fourth-order valence-electron chi connectivity index (χ4n) is 2.94. The highest BCUT2D eigenvalue weighted by Crippen LogP contribution is 2.48. The fourth-order valence-corrected chi connectivity index (χ4v) is 2.94. The molecule has 2 aliphatic rings. The first kappa shape index (κ1) is 10.9. The van der Waals surface area contributed by atoms with Crippen LogP contribution in [0.1, 0.15) is 26.2 Å². The Kier molecular flexibility index (Phi) is 2.98. The summed E-state index contributed by atoms with van der Waals surface area (Å²) in [6.45, 7) is 3.33. The molecule has 0 bridgehead atoms. The van der Waals surface area contributed by atoms with Gasteiger partial charge < -0.3 is 14.8 Å². The predicted octanol–water partition coefficient (Wildman–Crippen LogP) is 0.707. The topological polar surface area (TPSA) is 47.6 Å². The Bertz CT molecular complexity index is 256. The zero-order valence-corrected chi connectivity index (χ0v) is 9.41. The quantitative estimate of drug-likeness (QED) is 0.699. The normalized spacial score (nSPS) is 38.3. The number of carbonyl (C=O) groups excluding carboxylic acids is 1. The summed E-state index contributed by atoms with van der Waals surface area (Å²) in [5.41, 5.74) is -0.250. The molecule has 0 amide bonds. The molecule has 0 spiro atoms. The lowest BCUT2D eigenvalue weighted by molar-refractivity contribution is -0.169. The van der Waals surface area contributed by atoms with Crippen LogP contribution in [0.3, 0.4) is 0 Å². The van der Waals surface area contributed by atoms with E-state index in [1.165, 1.54) is 0 Å². The summed E-state index contributed by atoms with van der Waals surface area (Å²) in [5.74, 6) is 0.358. The van der Waals surface area contributed by atoms with E-state index < -0.39 is 0 Å². The molecular formula is C11H19NO3. The number of methoxy groups -OCH3 is 1. The van der Waals surface area contributed by atoms with Gasteiger partial charge in [0.1, 0.15) is 0 Å². The van der Waals surface area contributed by atoms with Crippen LogP contribution < -0.4 is 5.32 Å². The first-order valence-electron chi connectivity index (χ1n) is 5.66. The standard InChI is InChI=1S/C11H19NO3/c1-3-15-10(13)7-11(14-2)6-9-8(11)4-5-12-9/h8-9,12H,3-7H2,1-2H3/t8-,9-,11+/m0/s1. The van der Waals surface area contributed by atoms with E-state index in [9.17, 15) is 4.79 Å². The minimum Gasteiger partial charge on any atom is -0.466 e. The first-order valence-corrected chi connectivity index (χ1v) is 5.66. The molecule has 0 unspecified atom stereocenters. The Morgan fingerprint density at radius 2 is 2.40 bits per heavy atom. The van der Waals surface area contributed by atoms with Crippen LogP contribution in [-0.2, 0) is 14.3 Å². The van der Waals surface area contributed by atoms with E-state index in [1.807, 2.05) is 6.92 Å². The third kappa shape index (κ3) is 1.76. The molecule has 1 aliphatic carbocycles. The molecule has 0 radical (unpaired) electrons. The maximum absolute atomic E-state index is 11.5. The number of fused-ring (bicyclic) bond motifs is 1. The molecule has 1 aliphatic heterocycles. The van der Waals surface area contributed by atoms with Crippen molar-refractivity contribution >= 4 is 5.97 Å². The molecule has 0 aromatic heterocycles. The van der Waals surface area contributed by atoms with Crippen LogP contribution in [-0.4, -0.2) is 37.9 Å². The van der Waals surface area contributed by atoms with E-state index in [1.54, 1.807) is 7.11 Å². The number of ether oxygens (including phenoxy) is 2. The third-order valence-corrected chi connectivity index (χ3v) is 3.74. The van der Waals surface area contributed by atoms with E-state index in [0.29, 0.717) is 25.0 Å².